The zero-order valence-corrected chi connectivity index (χ0v) is 20.4. The van der Waals surface area contributed by atoms with Gasteiger partial charge in [-0.1, -0.05) is 32.1 Å². The molecule has 0 aliphatic carbocycles. The highest BCUT2D eigenvalue weighted by Gasteiger charge is 2.29. The number of aromatic amines is 1. The Balaban J connectivity index is 2.19. The van der Waals surface area contributed by atoms with Gasteiger partial charge in [-0.2, -0.15) is 0 Å². The Hall–Kier alpha value is -3.70. The first kappa shape index (κ1) is 25.9. The monoisotopic (exact) mass is 503 g/mol. The number of benzene rings is 2. The number of halogens is 1. The van der Waals surface area contributed by atoms with Gasteiger partial charge in [0.05, 0.1) is 31.2 Å². The van der Waals surface area contributed by atoms with Crippen LogP contribution in [0.4, 0.5) is 10.1 Å². The summed E-state index contributed by atoms with van der Waals surface area (Å²) >= 11 is 0. The molecule has 3 aromatic rings. The number of hydrogen-bond acceptors (Lipinski definition) is 6. The van der Waals surface area contributed by atoms with E-state index in [1.165, 1.54) is 25.4 Å². The van der Waals surface area contributed by atoms with E-state index < -0.39 is 32.5 Å². The standard InChI is InChI=1S/C24H26FN3O6S/c1-24(2,14-29)18-13-19(28-12-11-20(30)26-23(28)31)21(25)17(22(18)34-3)10-7-15-5-8-16(9-6-15)27-35(4,32)33/h5-13,27,29H,14H2,1-4H3,(H,26,30,31)/b10-7+. The molecule has 1 heterocycles. The average Bonchev–Trinajstić information content (AvgIpc) is 2.78. The third-order valence-electron chi connectivity index (χ3n) is 5.30. The molecule has 0 atom stereocenters. The number of rotatable bonds is 8. The predicted octanol–water partition coefficient (Wildman–Crippen LogP) is 2.49. The Morgan fingerprint density at radius 1 is 1.17 bits per heavy atom. The molecular weight excluding hydrogens is 477 g/mol. The lowest BCUT2D eigenvalue weighted by Gasteiger charge is -2.27. The molecule has 0 saturated carbocycles. The molecule has 0 amide bonds. The van der Waals surface area contributed by atoms with Gasteiger partial charge in [0.2, 0.25) is 10.0 Å². The molecule has 0 fully saturated rings. The Morgan fingerprint density at radius 3 is 2.37 bits per heavy atom. The molecule has 0 bridgehead atoms. The molecule has 11 heteroatoms. The van der Waals surface area contributed by atoms with Crippen molar-refractivity contribution in [2.75, 3.05) is 24.7 Å². The largest absolute Gasteiger partial charge is 0.496 e. The Morgan fingerprint density at radius 2 is 1.83 bits per heavy atom. The minimum absolute atomic E-state index is 0.0259. The van der Waals surface area contributed by atoms with Crippen LogP contribution < -0.4 is 20.7 Å². The van der Waals surface area contributed by atoms with Gasteiger partial charge in [0.1, 0.15) is 5.75 Å². The van der Waals surface area contributed by atoms with Crippen LogP contribution in [0.5, 0.6) is 5.75 Å². The van der Waals surface area contributed by atoms with Crippen LogP contribution in [0.15, 0.2) is 52.2 Å². The van der Waals surface area contributed by atoms with Crippen molar-refractivity contribution < 1.29 is 22.7 Å². The van der Waals surface area contributed by atoms with Crippen molar-refractivity contribution in [3.05, 3.63) is 85.9 Å². The number of sulfonamides is 1. The van der Waals surface area contributed by atoms with Crippen molar-refractivity contribution in [3.63, 3.8) is 0 Å². The number of H-pyrrole nitrogens is 1. The number of methoxy groups -OCH3 is 1. The van der Waals surface area contributed by atoms with Crippen molar-refractivity contribution in [1.29, 1.82) is 0 Å². The van der Waals surface area contributed by atoms with Gasteiger partial charge in [0.15, 0.2) is 5.82 Å². The van der Waals surface area contributed by atoms with Crippen LogP contribution in [-0.4, -0.2) is 43.0 Å². The normalized spacial score (nSPS) is 12.2. The molecular formula is C24H26FN3O6S. The van der Waals surface area contributed by atoms with Gasteiger partial charge in [0.25, 0.3) is 5.56 Å². The second kappa shape index (κ2) is 9.88. The average molecular weight is 504 g/mol. The summed E-state index contributed by atoms with van der Waals surface area (Å²) < 4.78 is 47.4. The molecule has 0 radical (unpaired) electrons. The highest BCUT2D eigenvalue weighted by Crippen LogP contribution is 2.39. The van der Waals surface area contributed by atoms with Crippen LogP contribution in [0.1, 0.15) is 30.5 Å². The lowest BCUT2D eigenvalue weighted by Crippen LogP contribution is -2.29. The van der Waals surface area contributed by atoms with E-state index in [1.807, 2.05) is 0 Å². The van der Waals surface area contributed by atoms with Crippen molar-refractivity contribution in [2.45, 2.75) is 19.3 Å². The minimum atomic E-state index is -3.42. The van der Waals surface area contributed by atoms with E-state index in [9.17, 15) is 23.1 Å². The lowest BCUT2D eigenvalue weighted by molar-refractivity contribution is 0.214. The third-order valence-corrected chi connectivity index (χ3v) is 5.91. The second-order valence-electron chi connectivity index (χ2n) is 8.56. The van der Waals surface area contributed by atoms with Crippen LogP contribution in [-0.2, 0) is 15.4 Å². The molecule has 1 aromatic heterocycles. The predicted molar refractivity (Wildman–Crippen MR) is 133 cm³/mol. The molecule has 0 saturated heterocycles. The fourth-order valence-electron chi connectivity index (χ4n) is 3.44. The third kappa shape index (κ3) is 5.87. The van der Waals surface area contributed by atoms with E-state index in [-0.39, 0.29) is 23.6 Å². The second-order valence-corrected chi connectivity index (χ2v) is 10.3. The maximum absolute atomic E-state index is 15.8. The summed E-state index contributed by atoms with van der Waals surface area (Å²) in [5, 5.41) is 9.96. The summed E-state index contributed by atoms with van der Waals surface area (Å²) in [6, 6.07) is 8.92. The van der Waals surface area contributed by atoms with Gasteiger partial charge >= 0.3 is 5.69 Å². The SMILES string of the molecule is COc1c(C(C)(C)CO)cc(-n2ccc(=O)[nH]c2=O)c(F)c1/C=C/c1ccc(NS(C)(=O)=O)cc1. The number of ether oxygens (including phenoxy) is 1. The Kier molecular flexibility index (Phi) is 7.32. The van der Waals surface area contributed by atoms with E-state index >= 15 is 4.39 Å². The van der Waals surface area contributed by atoms with E-state index in [0.29, 0.717) is 16.8 Å². The molecule has 0 unspecified atom stereocenters. The summed E-state index contributed by atoms with van der Waals surface area (Å²) in [4.78, 5) is 26.0. The number of hydrogen-bond donors (Lipinski definition) is 3. The van der Waals surface area contributed by atoms with Gasteiger partial charge < -0.3 is 9.84 Å². The molecule has 0 spiro atoms. The van der Waals surface area contributed by atoms with Gasteiger partial charge in [-0.15, -0.1) is 0 Å². The molecule has 0 aliphatic rings. The fourth-order valence-corrected chi connectivity index (χ4v) is 4.01. The topological polar surface area (TPSA) is 130 Å². The fraction of sp³-hybridized carbons (Fsp3) is 0.250. The summed E-state index contributed by atoms with van der Waals surface area (Å²) in [5.41, 5.74) is -0.942. The number of nitrogens with zero attached hydrogens (tertiary/aromatic N) is 1. The summed E-state index contributed by atoms with van der Waals surface area (Å²) in [5.74, 6) is -0.602. The Bertz CT molecular complexity index is 1490. The zero-order chi connectivity index (χ0) is 26.0. The van der Waals surface area contributed by atoms with Crippen LogP contribution in [0.2, 0.25) is 0 Å². The number of aliphatic hydroxyl groups is 1. The van der Waals surface area contributed by atoms with Crippen molar-refractivity contribution in [1.82, 2.24) is 9.55 Å². The van der Waals surface area contributed by atoms with E-state index in [2.05, 4.69) is 9.71 Å². The molecule has 35 heavy (non-hydrogen) atoms. The van der Waals surface area contributed by atoms with Gasteiger partial charge in [-0.25, -0.2) is 17.6 Å². The maximum Gasteiger partial charge on any atom is 0.333 e. The highest BCUT2D eigenvalue weighted by atomic mass is 32.2. The van der Waals surface area contributed by atoms with Crippen molar-refractivity contribution in [3.8, 4) is 11.4 Å². The van der Waals surface area contributed by atoms with Crippen molar-refractivity contribution in [2.24, 2.45) is 0 Å². The first-order valence-electron chi connectivity index (χ1n) is 10.5. The number of aliphatic hydroxyl groups excluding tert-OH is 1. The van der Waals surface area contributed by atoms with Crippen LogP contribution >= 0.6 is 0 Å². The number of anilines is 1. The number of aromatic nitrogens is 2. The van der Waals surface area contributed by atoms with E-state index in [4.69, 9.17) is 4.74 Å². The quantitative estimate of drug-likeness (QED) is 0.405. The molecule has 3 rings (SSSR count). The minimum Gasteiger partial charge on any atom is -0.496 e. The first-order chi connectivity index (χ1) is 16.4. The smallest absolute Gasteiger partial charge is 0.333 e. The van der Waals surface area contributed by atoms with E-state index in [0.717, 1.165) is 16.9 Å². The molecule has 3 N–H and O–H groups in total. The van der Waals surface area contributed by atoms with Gasteiger partial charge in [0, 0.05) is 28.9 Å². The number of nitrogens with one attached hydrogen (secondary N) is 2. The van der Waals surface area contributed by atoms with Crippen molar-refractivity contribution >= 4 is 27.9 Å². The molecule has 0 aliphatic heterocycles. The maximum atomic E-state index is 15.8. The van der Waals surface area contributed by atoms with Gasteiger partial charge in [-0.05, 0) is 29.8 Å². The van der Waals surface area contributed by atoms with Crippen LogP contribution in [0.3, 0.4) is 0 Å². The molecule has 9 nitrogen and oxygen atoms in total. The van der Waals surface area contributed by atoms with Crippen LogP contribution in [0.25, 0.3) is 17.8 Å². The summed E-state index contributed by atoms with van der Waals surface area (Å²) in [6.45, 7) is 3.19. The lowest BCUT2D eigenvalue weighted by atomic mass is 9.83. The molecule has 186 valence electrons. The molecule has 2 aromatic carbocycles. The summed E-state index contributed by atoms with van der Waals surface area (Å²) in [7, 11) is -2.05. The first-order valence-corrected chi connectivity index (χ1v) is 12.4. The summed E-state index contributed by atoms with van der Waals surface area (Å²) in [6.07, 6.45) is 5.27. The highest BCUT2D eigenvalue weighted by molar-refractivity contribution is 7.92. The Labute approximate surface area is 201 Å². The van der Waals surface area contributed by atoms with Crippen LogP contribution in [0, 0.1) is 5.82 Å². The zero-order valence-electron chi connectivity index (χ0n) is 19.6. The van der Waals surface area contributed by atoms with E-state index in [1.54, 1.807) is 44.2 Å². The van der Waals surface area contributed by atoms with Gasteiger partial charge in [-0.3, -0.25) is 19.1 Å².